The van der Waals surface area contributed by atoms with Crippen molar-refractivity contribution in [1.82, 2.24) is 14.7 Å². The molecule has 2 heterocycles. The van der Waals surface area contributed by atoms with Crippen LogP contribution in [0.4, 0.5) is 4.39 Å². The molecule has 0 bridgehead atoms. The summed E-state index contributed by atoms with van der Waals surface area (Å²) in [4.78, 5) is 15.1. The highest BCUT2D eigenvalue weighted by Crippen LogP contribution is 2.35. The molecule has 0 radical (unpaired) electrons. The largest absolute Gasteiger partial charge is 0.293 e. The predicted molar refractivity (Wildman–Crippen MR) is 124 cm³/mol. The molecule has 152 valence electrons. The molecule has 0 spiro atoms. The molecule has 30 heavy (non-hydrogen) atoms. The number of halogens is 1. The number of amides is 1. The topological polar surface area (TPSA) is 38.1 Å². The summed E-state index contributed by atoms with van der Waals surface area (Å²) in [6.07, 6.45) is 3.70. The molecule has 4 rings (SSSR count). The number of thiocarbonyl (C=S) groups is 1. The van der Waals surface area contributed by atoms with Gasteiger partial charge in [0.15, 0.2) is 0 Å². The van der Waals surface area contributed by atoms with Crippen LogP contribution < -0.4 is 0 Å². The summed E-state index contributed by atoms with van der Waals surface area (Å²) in [5.41, 5.74) is 3.12. The zero-order valence-corrected chi connectivity index (χ0v) is 18.2. The number of hydrogen-bond donors (Lipinski definition) is 0. The van der Waals surface area contributed by atoms with Crippen molar-refractivity contribution in [2.45, 2.75) is 13.8 Å². The Hall–Kier alpha value is -2.77. The highest BCUT2D eigenvalue weighted by molar-refractivity contribution is 8.26. The van der Waals surface area contributed by atoms with Crippen LogP contribution >= 0.6 is 24.0 Å². The van der Waals surface area contributed by atoms with Crippen molar-refractivity contribution in [3.05, 3.63) is 77.1 Å². The van der Waals surface area contributed by atoms with E-state index in [9.17, 15) is 9.18 Å². The van der Waals surface area contributed by atoms with E-state index in [0.29, 0.717) is 27.4 Å². The monoisotopic (exact) mass is 437 g/mol. The van der Waals surface area contributed by atoms with Gasteiger partial charge >= 0.3 is 0 Å². The lowest BCUT2D eigenvalue weighted by Gasteiger charge is -2.16. The SMILES string of the molecule is CC(C)CN1C(=O)/C(=C/c2cn(-c3ccccc3)nc2-c2ccc(F)cc2)SC1=S. The minimum atomic E-state index is -0.308. The highest BCUT2D eigenvalue weighted by atomic mass is 32.2. The van der Waals surface area contributed by atoms with Gasteiger partial charge in [0, 0.05) is 23.9 Å². The smallest absolute Gasteiger partial charge is 0.266 e. The van der Waals surface area contributed by atoms with Gasteiger partial charge in [0.2, 0.25) is 0 Å². The van der Waals surface area contributed by atoms with Crippen molar-refractivity contribution >= 4 is 40.3 Å². The van der Waals surface area contributed by atoms with Gasteiger partial charge in [0.25, 0.3) is 5.91 Å². The second-order valence-electron chi connectivity index (χ2n) is 7.41. The second-order valence-corrected chi connectivity index (χ2v) is 9.08. The van der Waals surface area contributed by atoms with Crippen molar-refractivity contribution in [3.8, 4) is 16.9 Å². The third kappa shape index (κ3) is 4.22. The Morgan fingerprint density at radius 3 is 2.50 bits per heavy atom. The van der Waals surface area contributed by atoms with Gasteiger partial charge in [-0.25, -0.2) is 9.07 Å². The number of carbonyl (C=O) groups excluding carboxylic acids is 1. The molecule has 3 aromatic rings. The first-order valence-corrected chi connectivity index (χ1v) is 10.8. The Morgan fingerprint density at radius 2 is 1.83 bits per heavy atom. The standard InChI is InChI=1S/C23H20FN3OS2/c1-15(2)13-26-22(28)20(30-23(26)29)12-17-14-27(19-6-4-3-5-7-19)25-21(17)16-8-10-18(24)11-9-16/h3-12,14-15H,13H2,1-2H3/b20-12-. The van der Waals surface area contributed by atoms with Crippen LogP contribution in [0.3, 0.4) is 0 Å². The number of nitrogens with zero attached hydrogens (tertiary/aromatic N) is 3. The molecule has 1 saturated heterocycles. The van der Waals surface area contributed by atoms with Crippen molar-refractivity contribution in [1.29, 1.82) is 0 Å². The highest BCUT2D eigenvalue weighted by Gasteiger charge is 2.32. The molecular weight excluding hydrogens is 417 g/mol. The molecule has 4 nitrogen and oxygen atoms in total. The van der Waals surface area contributed by atoms with Crippen molar-refractivity contribution in [2.24, 2.45) is 5.92 Å². The number of hydrogen-bond acceptors (Lipinski definition) is 4. The molecule has 0 N–H and O–H groups in total. The molecule has 0 unspecified atom stereocenters. The number of para-hydroxylation sites is 1. The number of benzene rings is 2. The molecular formula is C23H20FN3OS2. The van der Waals surface area contributed by atoms with Gasteiger partial charge in [0.05, 0.1) is 16.3 Å². The summed E-state index contributed by atoms with van der Waals surface area (Å²) in [7, 11) is 0. The van der Waals surface area contributed by atoms with Crippen LogP contribution in [0.25, 0.3) is 23.0 Å². The summed E-state index contributed by atoms with van der Waals surface area (Å²) in [5.74, 6) is -0.0731. The molecule has 0 aliphatic carbocycles. The van der Waals surface area contributed by atoms with Crippen molar-refractivity contribution in [2.75, 3.05) is 6.54 Å². The molecule has 1 fully saturated rings. The van der Waals surface area contributed by atoms with E-state index >= 15 is 0 Å². The van der Waals surface area contributed by atoms with Crippen LogP contribution in [0.1, 0.15) is 19.4 Å². The zero-order valence-electron chi connectivity index (χ0n) is 16.6. The molecule has 1 aliphatic rings. The van der Waals surface area contributed by atoms with Crippen molar-refractivity contribution in [3.63, 3.8) is 0 Å². The van der Waals surface area contributed by atoms with E-state index < -0.39 is 0 Å². The maximum atomic E-state index is 13.4. The fourth-order valence-electron chi connectivity index (χ4n) is 3.20. The molecule has 1 aliphatic heterocycles. The van der Waals surface area contributed by atoms with E-state index in [4.69, 9.17) is 17.3 Å². The Kier molecular flexibility index (Phi) is 5.83. The molecule has 2 aromatic carbocycles. The van der Waals surface area contributed by atoms with E-state index in [-0.39, 0.29) is 11.7 Å². The lowest BCUT2D eigenvalue weighted by molar-refractivity contribution is -0.122. The molecule has 1 aromatic heterocycles. The molecule has 1 amide bonds. The maximum Gasteiger partial charge on any atom is 0.266 e. The number of thioether (sulfide) groups is 1. The minimum absolute atomic E-state index is 0.0868. The van der Waals surface area contributed by atoms with E-state index in [0.717, 1.165) is 16.8 Å². The van der Waals surface area contributed by atoms with Crippen LogP contribution in [0.2, 0.25) is 0 Å². The Labute approximate surface area is 184 Å². The Balaban J connectivity index is 1.78. The number of rotatable bonds is 5. The Bertz CT molecular complexity index is 1120. The van der Waals surface area contributed by atoms with Crippen LogP contribution in [0.5, 0.6) is 0 Å². The minimum Gasteiger partial charge on any atom is -0.293 e. The lowest BCUT2D eigenvalue weighted by Crippen LogP contribution is -2.31. The van der Waals surface area contributed by atoms with Crippen LogP contribution in [-0.2, 0) is 4.79 Å². The number of carbonyl (C=O) groups is 1. The number of aromatic nitrogens is 2. The van der Waals surface area contributed by atoms with Gasteiger partial charge < -0.3 is 0 Å². The average molecular weight is 438 g/mol. The van der Waals surface area contributed by atoms with Crippen molar-refractivity contribution < 1.29 is 9.18 Å². The fraction of sp³-hybridized carbons (Fsp3) is 0.174. The van der Waals surface area contributed by atoms with Crippen LogP contribution in [0.15, 0.2) is 65.7 Å². The van der Waals surface area contributed by atoms with Gasteiger partial charge in [-0.1, -0.05) is 56.0 Å². The van der Waals surface area contributed by atoms with Gasteiger partial charge in [0.1, 0.15) is 10.1 Å². The third-order valence-electron chi connectivity index (χ3n) is 4.59. The van der Waals surface area contributed by atoms with Gasteiger partial charge in [-0.15, -0.1) is 0 Å². The molecule has 0 atom stereocenters. The quantitative estimate of drug-likeness (QED) is 0.388. The fourth-order valence-corrected chi connectivity index (χ4v) is 4.47. The van der Waals surface area contributed by atoms with Crippen LogP contribution in [-0.4, -0.2) is 31.5 Å². The predicted octanol–water partition coefficient (Wildman–Crippen LogP) is 5.54. The van der Waals surface area contributed by atoms with E-state index in [2.05, 4.69) is 13.8 Å². The zero-order chi connectivity index (χ0) is 21.3. The first-order chi connectivity index (χ1) is 14.4. The van der Waals surface area contributed by atoms with Gasteiger partial charge in [-0.3, -0.25) is 9.69 Å². The molecule has 0 saturated carbocycles. The Morgan fingerprint density at radius 1 is 1.13 bits per heavy atom. The normalized spacial score (nSPS) is 15.6. The lowest BCUT2D eigenvalue weighted by atomic mass is 10.1. The average Bonchev–Trinajstić information content (AvgIpc) is 3.26. The van der Waals surface area contributed by atoms with E-state index in [1.165, 1.54) is 23.9 Å². The summed E-state index contributed by atoms with van der Waals surface area (Å²) < 4.78 is 15.8. The first-order valence-electron chi connectivity index (χ1n) is 9.59. The van der Waals surface area contributed by atoms with Gasteiger partial charge in [-0.2, -0.15) is 5.10 Å². The first kappa shape index (κ1) is 20.5. The summed E-state index contributed by atoms with van der Waals surface area (Å²) in [6.45, 7) is 4.70. The van der Waals surface area contributed by atoms with E-state index in [1.54, 1.807) is 21.7 Å². The third-order valence-corrected chi connectivity index (χ3v) is 5.97. The maximum absolute atomic E-state index is 13.4. The summed E-state index contributed by atoms with van der Waals surface area (Å²) in [5, 5.41) is 4.72. The van der Waals surface area contributed by atoms with E-state index in [1.807, 2.05) is 42.6 Å². The van der Waals surface area contributed by atoms with Crippen LogP contribution in [0, 0.1) is 11.7 Å². The second kappa shape index (κ2) is 8.53. The van der Waals surface area contributed by atoms with Gasteiger partial charge in [-0.05, 0) is 48.4 Å². The summed E-state index contributed by atoms with van der Waals surface area (Å²) in [6, 6.07) is 15.9. The summed E-state index contributed by atoms with van der Waals surface area (Å²) >= 11 is 6.72. The molecule has 7 heteroatoms.